The molecule has 0 spiro atoms. The molecule has 0 aliphatic rings. The monoisotopic (exact) mass is 222 g/mol. The maximum atomic E-state index is 5.51. The summed E-state index contributed by atoms with van der Waals surface area (Å²) >= 11 is 0. The van der Waals surface area contributed by atoms with Gasteiger partial charge in [-0.05, 0) is 12.1 Å². The first-order valence-corrected chi connectivity index (χ1v) is 5.01. The molecule has 0 unspecified atom stereocenters. The first kappa shape index (κ1) is 10.8. The number of nitrogens with zero attached hydrogens (tertiary/aromatic N) is 3. The van der Waals surface area contributed by atoms with E-state index in [1.165, 1.54) is 0 Å². The molecular weight excluding hydrogens is 208 g/mol. The van der Waals surface area contributed by atoms with Crippen molar-refractivity contribution in [3.8, 4) is 11.6 Å². The van der Waals surface area contributed by atoms with Gasteiger partial charge in [-0.2, -0.15) is 0 Å². The third-order valence-corrected chi connectivity index (χ3v) is 2.24. The van der Waals surface area contributed by atoms with Crippen molar-refractivity contribution in [1.82, 2.24) is 14.8 Å². The summed E-state index contributed by atoms with van der Waals surface area (Å²) in [5.41, 5.74) is 5.48. The van der Waals surface area contributed by atoms with E-state index in [1.54, 1.807) is 13.4 Å². The van der Waals surface area contributed by atoms with Gasteiger partial charge in [0.05, 0.1) is 13.2 Å². The SMILES string of the molecule is COCCn1cnnc1-c1ccc(CN)o1. The molecule has 0 atom stereocenters. The highest BCUT2D eigenvalue weighted by Crippen LogP contribution is 2.19. The summed E-state index contributed by atoms with van der Waals surface area (Å²) in [4.78, 5) is 0. The van der Waals surface area contributed by atoms with Crippen molar-refractivity contribution in [1.29, 1.82) is 0 Å². The molecule has 16 heavy (non-hydrogen) atoms. The van der Waals surface area contributed by atoms with Crippen LogP contribution in [0.2, 0.25) is 0 Å². The number of hydrogen-bond donors (Lipinski definition) is 1. The lowest BCUT2D eigenvalue weighted by molar-refractivity contribution is 0.187. The zero-order valence-corrected chi connectivity index (χ0v) is 9.09. The summed E-state index contributed by atoms with van der Waals surface area (Å²) in [5, 5.41) is 7.86. The van der Waals surface area contributed by atoms with Gasteiger partial charge in [-0.1, -0.05) is 0 Å². The number of hydrogen-bond acceptors (Lipinski definition) is 5. The molecule has 0 bridgehead atoms. The molecule has 0 fully saturated rings. The molecular formula is C10H14N4O2. The second-order valence-electron chi connectivity index (χ2n) is 3.31. The second kappa shape index (κ2) is 4.91. The van der Waals surface area contributed by atoms with Gasteiger partial charge in [-0.15, -0.1) is 10.2 Å². The van der Waals surface area contributed by atoms with Crippen molar-refractivity contribution in [2.24, 2.45) is 5.73 Å². The minimum absolute atomic E-state index is 0.381. The Bertz CT molecular complexity index is 449. The summed E-state index contributed by atoms with van der Waals surface area (Å²) in [5.74, 6) is 2.10. The van der Waals surface area contributed by atoms with Crippen LogP contribution >= 0.6 is 0 Å². The lowest BCUT2D eigenvalue weighted by Gasteiger charge is -2.03. The largest absolute Gasteiger partial charge is 0.456 e. The molecule has 2 heterocycles. The molecule has 0 aromatic carbocycles. The van der Waals surface area contributed by atoms with Crippen molar-refractivity contribution in [2.45, 2.75) is 13.1 Å². The van der Waals surface area contributed by atoms with E-state index in [2.05, 4.69) is 10.2 Å². The quantitative estimate of drug-likeness (QED) is 0.803. The van der Waals surface area contributed by atoms with Crippen LogP contribution in [0.4, 0.5) is 0 Å². The predicted octanol–water partition coefficient (Wildman–Crippen LogP) is 0.643. The average Bonchev–Trinajstić information content (AvgIpc) is 2.94. The van der Waals surface area contributed by atoms with E-state index < -0.39 is 0 Å². The maximum Gasteiger partial charge on any atom is 0.199 e. The first-order chi connectivity index (χ1) is 7.85. The van der Waals surface area contributed by atoms with Gasteiger partial charge in [-0.3, -0.25) is 0 Å². The third-order valence-electron chi connectivity index (χ3n) is 2.24. The fourth-order valence-electron chi connectivity index (χ4n) is 1.41. The highest BCUT2D eigenvalue weighted by molar-refractivity contribution is 5.46. The van der Waals surface area contributed by atoms with Crippen LogP contribution in [0.3, 0.4) is 0 Å². The molecule has 0 radical (unpaired) electrons. The van der Waals surface area contributed by atoms with Gasteiger partial charge in [-0.25, -0.2) is 0 Å². The lowest BCUT2D eigenvalue weighted by atomic mass is 10.4. The summed E-state index contributed by atoms with van der Waals surface area (Å²) in [7, 11) is 1.66. The fraction of sp³-hybridized carbons (Fsp3) is 0.400. The van der Waals surface area contributed by atoms with Crippen LogP contribution in [0, 0.1) is 0 Å². The molecule has 0 saturated carbocycles. The number of nitrogens with two attached hydrogens (primary N) is 1. The summed E-state index contributed by atoms with van der Waals surface area (Å²) < 4.78 is 12.4. The number of furan rings is 1. The van der Waals surface area contributed by atoms with Crippen LogP contribution in [0.5, 0.6) is 0 Å². The van der Waals surface area contributed by atoms with Crippen LogP contribution in [-0.4, -0.2) is 28.5 Å². The van der Waals surface area contributed by atoms with Gasteiger partial charge >= 0.3 is 0 Å². The van der Waals surface area contributed by atoms with Gasteiger partial charge in [0, 0.05) is 13.7 Å². The Balaban J connectivity index is 2.22. The van der Waals surface area contributed by atoms with Crippen molar-refractivity contribution in [3.05, 3.63) is 24.2 Å². The number of methoxy groups -OCH3 is 1. The Morgan fingerprint density at radius 1 is 1.50 bits per heavy atom. The highest BCUT2D eigenvalue weighted by Gasteiger charge is 2.11. The minimum Gasteiger partial charge on any atom is -0.456 e. The highest BCUT2D eigenvalue weighted by atomic mass is 16.5. The Labute approximate surface area is 93.0 Å². The Hall–Kier alpha value is -1.66. The van der Waals surface area contributed by atoms with Crippen LogP contribution in [0.15, 0.2) is 22.9 Å². The van der Waals surface area contributed by atoms with E-state index in [1.807, 2.05) is 16.7 Å². The lowest BCUT2D eigenvalue weighted by Crippen LogP contribution is -2.04. The molecule has 2 N–H and O–H groups in total. The zero-order valence-electron chi connectivity index (χ0n) is 9.09. The molecule has 86 valence electrons. The van der Waals surface area contributed by atoms with E-state index in [0.717, 1.165) is 5.76 Å². The predicted molar refractivity (Wildman–Crippen MR) is 57.5 cm³/mol. The molecule has 6 nitrogen and oxygen atoms in total. The molecule has 2 rings (SSSR count). The smallest absolute Gasteiger partial charge is 0.199 e. The van der Waals surface area contributed by atoms with Crippen molar-refractivity contribution in [2.75, 3.05) is 13.7 Å². The molecule has 0 aliphatic carbocycles. The van der Waals surface area contributed by atoms with E-state index in [9.17, 15) is 0 Å². The van der Waals surface area contributed by atoms with Crippen molar-refractivity contribution < 1.29 is 9.15 Å². The number of ether oxygens (including phenoxy) is 1. The van der Waals surface area contributed by atoms with Crippen molar-refractivity contribution >= 4 is 0 Å². The van der Waals surface area contributed by atoms with Gasteiger partial charge in [0.2, 0.25) is 0 Å². The van der Waals surface area contributed by atoms with E-state index in [0.29, 0.717) is 31.3 Å². The molecule has 0 amide bonds. The maximum absolute atomic E-state index is 5.51. The summed E-state index contributed by atoms with van der Waals surface area (Å²) in [6.45, 7) is 1.68. The van der Waals surface area contributed by atoms with Gasteiger partial charge in [0.1, 0.15) is 12.1 Å². The standard InChI is InChI=1S/C10H14N4O2/c1-15-5-4-14-7-12-13-10(14)9-3-2-8(6-11)16-9/h2-3,7H,4-6,11H2,1H3. The van der Waals surface area contributed by atoms with Crippen LogP contribution in [-0.2, 0) is 17.8 Å². The molecule has 0 saturated heterocycles. The Morgan fingerprint density at radius 2 is 2.38 bits per heavy atom. The molecule has 2 aromatic heterocycles. The van der Waals surface area contributed by atoms with Crippen LogP contribution in [0.1, 0.15) is 5.76 Å². The van der Waals surface area contributed by atoms with E-state index in [4.69, 9.17) is 14.9 Å². The Kier molecular flexibility index (Phi) is 3.33. The van der Waals surface area contributed by atoms with E-state index >= 15 is 0 Å². The molecule has 0 aliphatic heterocycles. The third kappa shape index (κ3) is 2.12. The van der Waals surface area contributed by atoms with Crippen molar-refractivity contribution in [3.63, 3.8) is 0 Å². The average molecular weight is 222 g/mol. The van der Waals surface area contributed by atoms with Crippen LogP contribution < -0.4 is 5.73 Å². The van der Waals surface area contributed by atoms with Crippen LogP contribution in [0.25, 0.3) is 11.6 Å². The zero-order chi connectivity index (χ0) is 11.4. The molecule has 2 aromatic rings. The number of rotatable bonds is 5. The summed E-state index contributed by atoms with van der Waals surface area (Å²) in [6.07, 6.45) is 1.65. The summed E-state index contributed by atoms with van der Waals surface area (Å²) in [6, 6.07) is 3.68. The fourth-order valence-corrected chi connectivity index (χ4v) is 1.41. The second-order valence-corrected chi connectivity index (χ2v) is 3.31. The van der Waals surface area contributed by atoms with Gasteiger partial charge in [0.25, 0.3) is 0 Å². The van der Waals surface area contributed by atoms with Gasteiger partial charge < -0.3 is 19.5 Å². The van der Waals surface area contributed by atoms with Gasteiger partial charge in [0.15, 0.2) is 11.6 Å². The topological polar surface area (TPSA) is 79.1 Å². The number of aromatic nitrogens is 3. The van der Waals surface area contributed by atoms with E-state index in [-0.39, 0.29) is 0 Å². The Morgan fingerprint density at radius 3 is 3.06 bits per heavy atom. The first-order valence-electron chi connectivity index (χ1n) is 5.01. The molecule has 6 heteroatoms. The minimum atomic E-state index is 0.381. The normalized spacial score (nSPS) is 10.9.